The number of nitrogens with zero attached hydrogens (tertiary/aromatic N) is 1. The molecule has 3 atom stereocenters. The van der Waals surface area contributed by atoms with Crippen molar-refractivity contribution in [3.05, 3.63) is 0 Å². The summed E-state index contributed by atoms with van der Waals surface area (Å²) in [5, 5.41) is 11.9. The molecular weight excluding hydrogens is 264 g/mol. The maximum atomic E-state index is 12.1. The third-order valence-electron chi connectivity index (χ3n) is 2.87. The highest BCUT2D eigenvalue weighted by Gasteiger charge is 2.36. The molecule has 0 saturated carbocycles. The van der Waals surface area contributed by atoms with Crippen molar-refractivity contribution in [2.75, 3.05) is 6.54 Å². The number of carbonyl (C=O) groups excluding carboxylic acids is 3. The molecule has 1 aliphatic heterocycles. The Bertz CT molecular complexity index is 391. The monoisotopic (exact) mass is 286 g/mol. The first kappa shape index (κ1) is 16.4. The minimum absolute atomic E-state index is 0.0998. The van der Waals surface area contributed by atoms with E-state index in [4.69, 9.17) is 4.74 Å². The zero-order valence-electron chi connectivity index (χ0n) is 12.3. The van der Waals surface area contributed by atoms with E-state index in [0.717, 1.165) is 0 Å². The number of aldehydes is 1. The Morgan fingerprint density at radius 1 is 1.45 bits per heavy atom. The number of rotatable bonds is 3. The second kappa shape index (κ2) is 6.21. The molecule has 0 aromatic heterocycles. The first-order valence-corrected chi connectivity index (χ1v) is 6.57. The number of hydrogen-bond donors (Lipinski definition) is 2. The van der Waals surface area contributed by atoms with E-state index in [9.17, 15) is 19.5 Å². The lowest BCUT2D eigenvalue weighted by Crippen LogP contribution is -2.50. The summed E-state index contributed by atoms with van der Waals surface area (Å²) in [7, 11) is 0. The number of likely N-dealkylation sites (tertiary alicyclic amines) is 1. The Kier molecular flexibility index (Phi) is 5.10. The van der Waals surface area contributed by atoms with E-state index in [1.54, 1.807) is 20.8 Å². The molecule has 3 unspecified atom stereocenters. The molecule has 7 heteroatoms. The lowest BCUT2D eigenvalue weighted by Gasteiger charge is -2.26. The van der Waals surface area contributed by atoms with Crippen LogP contribution in [0.3, 0.4) is 0 Å². The van der Waals surface area contributed by atoms with Crippen LogP contribution in [-0.4, -0.2) is 58.6 Å². The standard InChI is InChI=1S/C13H22N2O5/c1-8(14-12(19)20-13(2,3)4)11(18)15-6-10(17)5-9(15)7-16/h7-10,17H,5-6H2,1-4H3,(H,14,19). The summed E-state index contributed by atoms with van der Waals surface area (Å²) in [6.07, 6.45) is -0.536. The Morgan fingerprint density at radius 2 is 2.05 bits per heavy atom. The number of carbonyl (C=O) groups is 3. The molecule has 1 rings (SSSR count). The van der Waals surface area contributed by atoms with Gasteiger partial charge in [-0.15, -0.1) is 0 Å². The summed E-state index contributed by atoms with van der Waals surface area (Å²) >= 11 is 0. The van der Waals surface area contributed by atoms with Gasteiger partial charge in [0.15, 0.2) is 0 Å². The lowest BCUT2D eigenvalue weighted by molar-refractivity contribution is -0.136. The second-order valence-corrected chi connectivity index (χ2v) is 5.95. The summed E-state index contributed by atoms with van der Waals surface area (Å²) < 4.78 is 5.06. The maximum Gasteiger partial charge on any atom is 0.408 e. The van der Waals surface area contributed by atoms with Gasteiger partial charge in [0, 0.05) is 13.0 Å². The number of amides is 2. The first-order chi connectivity index (χ1) is 9.14. The van der Waals surface area contributed by atoms with E-state index in [0.29, 0.717) is 6.29 Å². The van der Waals surface area contributed by atoms with Crippen molar-refractivity contribution < 1.29 is 24.2 Å². The predicted molar refractivity (Wildman–Crippen MR) is 71.0 cm³/mol. The van der Waals surface area contributed by atoms with E-state index < -0.39 is 35.8 Å². The van der Waals surface area contributed by atoms with Crippen LogP contribution < -0.4 is 5.32 Å². The van der Waals surface area contributed by atoms with Crippen LogP contribution in [0, 0.1) is 0 Å². The second-order valence-electron chi connectivity index (χ2n) is 5.95. The molecule has 20 heavy (non-hydrogen) atoms. The minimum atomic E-state index is -0.822. The van der Waals surface area contributed by atoms with Gasteiger partial charge in [-0.25, -0.2) is 4.79 Å². The number of hydrogen-bond acceptors (Lipinski definition) is 5. The number of aliphatic hydroxyl groups is 1. The number of aliphatic hydroxyl groups excluding tert-OH is 1. The maximum absolute atomic E-state index is 12.1. The number of β-amino-alcohol motifs (C(OH)–C–C–N with tert-alkyl or cyclic N) is 1. The van der Waals surface area contributed by atoms with Gasteiger partial charge in [0.25, 0.3) is 0 Å². The minimum Gasteiger partial charge on any atom is -0.444 e. The Morgan fingerprint density at radius 3 is 2.55 bits per heavy atom. The number of nitrogens with one attached hydrogen (secondary N) is 1. The third-order valence-corrected chi connectivity index (χ3v) is 2.87. The molecule has 114 valence electrons. The average Bonchev–Trinajstić information content (AvgIpc) is 2.66. The lowest BCUT2D eigenvalue weighted by atomic mass is 10.2. The van der Waals surface area contributed by atoms with E-state index >= 15 is 0 Å². The van der Waals surface area contributed by atoms with Crippen molar-refractivity contribution in [2.45, 2.75) is 57.9 Å². The van der Waals surface area contributed by atoms with Crippen molar-refractivity contribution in [2.24, 2.45) is 0 Å². The van der Waals surface area contributed by atoms with Crippen LogP contribution in [0.25, 0.3) is 0 Å². The summed E-state index contributed by atoms with van der Waals surface area (Å²) in [5.74, 6) is -0.412. The zero-order chi connectivity index (χ0) is 15.5. The third kappa shape index (κ3) is 4.48. The summed E-state index contributed by atoms with van der Waals surface area (Å²) in [6.45, 7) is 6.77. The van der Waals surface area contributed by atoms with Crippen LogP contribution in [0.2, 0.25) is 0 Å². The number of alkyl carbamates (subject to hydrolysis) is 1. The molecule has 1 saturated heterocycles. The molecule has 0 aromatic carbocycles. The Labute approximate surface area is 118 Å². The summed E-state index contributed by atoms with van der Waals surface area (Å²) in [5.41, 5.74) is -0.651. The first-order valence-electron chi connectivity index (χ1n) is 6.57. The summed E-state index contributed by atoms with van der Waals surface area (Å²) in [4.78, 5) is 35.9. The van der Waals surface area contributed by atoms with Gasteiger partial charge in [-0.3, -0.25) is 4.79 Å². The van der Waals surface area contributed by atoms with Crippen molar-refractivity contribution >= 4 is 18.3 Å². The van der Waals surface area contributed by atoms with Crippen molar-refractivity contribution in [3.8, 4) is 0 Å². The fraction of sp³-hybridized carbons (Fsp3) is 0.769. The van der Waals surface area contributed by atoms with E-state index in [1.165, 1.54) is 11.8 Å². The molecule has 1 fully saturated rings. The highest BCUT2D eigenvalue weighted by atomic mass is 16.6. The van der Waals surface area contributed by atoms with Gasteiger partial charge < -0.3 is 24.9 Å². The average molecular weight is 286 g/mol. The van der Waals surface area contributed by atoms with Crippen LogP contribution in [-0.2, 0) is 14.3 Å². The Balaban J connectivity index is 2.59. The van der Waals surface area contributed by atoms with Gasteiger partial charge in [0.2, 0.25) is 5.91 Å². The number of ether oxygens (including phenoxy) is 1. The topological polar surface area (TPSA) is 95.9 Å². The van der Waals surface area contributed by atoms with Crippen LogP contribution in [0.1, 0.15) is 34.1 Å². The highest BCUT2D eigenvalue weighted by molar-refractivity contribution is 5.87. The molecule has 0 bridgehead atoms. The molecule has 7 nitrogen and oxygen atoms in total. The van der Waals surface area contributed by atoms with Crippen LogP contribution in [0.4, 0.5) is 4.79 Å². The smallest absolute Gasteiger partial charge is 0.408 e. The molecule has 0 aliphatic carbocycles. The highest BCUT2D eigenvalue weighted by Crippen LogP contribution is 2.17. The van der Waals surface area contributed by atoms with Gasteiger partial charge in [-0.1, -0.05) is 0 Å². The predicted octanol–water partition coefficient (Wildman–Crippen LogP) is 0.0603. The van der Waals surface area contributed by atoms with Crippen molar-refractivity contribution in [1.29, 1.82) is 0 Å². The van der Waals surface area contributed by atoms with E-state index in [1.807, 2.05) is 0 Å². The van der Waals surface area contributed by atoms with Gasteiger partial charge in [-0.2, -0.15) is 0 Å². The van der Waals surface area contributed by atoms with E-state index in [2.05, 4.69) is 5.32 Å². The van der Waals surface area contributed by atoms with Crippen LogP contribution >= 0.6 is 0 Å². The normalized spacial score (nSPS) is 24.1. The van der Waals surface area contributed by atoms with Gasteiger partial charge in [0.1, 0.15) is 17.9 Å². The van der Waals surface area contributed by atoms with Gasteiger partial charge >= 0.3 is 6.09 Å². The van der Waals surface area contributed by atoms with Crippen LogP contribution in [0.5, 0.6) is 0 Å². The fourth-order valence-electron chi connectivity index (χ4n) is 2.02. The summed E-state index contributed by atoms with van der Waals surface area (Å²) in [6, 6.07) is -1.46. The van der Waals surface area contributed by atoms with Crippen molar-refractivity contribution in [3.63, 3.8) is 0 Å². The molecular formula is C13H22N2O5. The Hall–Kier alpha value is -1.63. The zero-order valence-corrected chi connectivity index (χ0v) is 12.3. The molecule has 0 radical (unpaired) electrons. The van der Waals surface area contributed by atoms with Gasteiger partial charge in [0.05, 0.1) is 12.1 Å². The molecule has 2 amide bonds. The quantitative estimate of drug-likeness (QED) is 0.715. The fourth-order valence-corrected chi connectivity index (χ4v) is 2.02. The molecule has 0 spiro atoms. The molecule has 1 heterocycles. The van der Waals surface area contributed by atoms with Gasteiger partial charge in [-0.05, 0) is 27.7 Å². The van der Waals surface area contributed by atoms with Crippen LogP contribution in [0.15, 0.2) is 0 Å². The van der Waals surface area contributed by atoms with Crippen molar-refractivity contribution in [1.82, 2.24) is 10.2 Å². The van der Waals surface area contributed by atoms with E-state index in [-0.39, 0.29) is 13.0 Å². The SMILES string of the molecule is CC(NC(=O)OC(C)(C)C)C(=O)N1CC(O)CC1C=O. The molecule has 2 N–H and O–H groups in total. The molecule has 0 aromatic rings. The largest absolute Gasteiger partial charge is 0.444 e. The molecule has 1 aliphatic rings.